The lowest BCUT2D eigenvalue weighted by atomic mass is 10.1. The van der Waals surface area contributed by atoms with Crippen molar-refractivity contribution in [3.8, 4) is 11.8 Å². The number of nitriles is 1. The number of hydrogen-bond acceptors (Lipinski definition) is 4. The van der Waals surface area contributed by atoms with Crippen LogP contribution in [0.5, 0.6) is 5.75 Å². The fourth-order valence-electron chi connectivity index (χ4n) is 2.79. The number of phenolic OH excluding ortho intramolecular Hbond substituents is 1. The first kappa shape index (κ1) is 14.9. The van der Waals surface area contributed by atoms with Crippen LogP contribution in [0.3, 0.4) is 0 Å². The number of carbonyl (C=O) groups excluding carboxylic acids is 1. The van der Waals surface area contributed by atoms with Gasteiger partial charge in [0, 0.05) is 31.7 Å². The number of piperazine rings is 1. The van der Waals surface area contributed by atoms with Crippen molar-refractivity contribution in [2.24, 2.45) is 0 Å². The van der Waals surface area contributed by atoms with Gasteiger partial charge in [-0.1, -0.05) is 18.2 Å². The number of benzene rings is 2. The molecule has 0 aliphatic carbocycles. The summed E-state index contributed by atoms with van der Waals surface area (Å²) in [5.74, 6) is 0.202. The van der Waals surface area contributed by atoms with Gasteiger partial charge in [0.1, 0.15) is 5.75 Å². The Kier molecular flexibility index (Phi) is 4.15. The van der Waals surface area contributed by atoms with Gasteiger partial charge >= 0.3 is 0 Å². The monoisotopic (exact) mass is 307 g/mol. The number of nitrogens with zero attached hydrogens (tertiary/aromatic N) is 3. The number of anilines is 1. The molecule has 0 bridgehead atoms. The molecule has 0 saturated carbocycles. The van der Waals surface area contributed by atoms with E-state index in [9.17, 15) is 9.90 Å². The average Bonchev–Trinajstić information content (AvgIpc) is 2.62. The highest BCUT2D eigenvalue weighted by atomic mass is 16.3. The minimum absolute atomic E-state index is 0.0565. The summed E-state index contributed by atoms with van der Waals surface area (Å²) in [6, 6.07) is 16.1. The lowest BCUT2D eigenvalue weighted by Gasteiger charge is -2.36. The van der Waals surface area contributed by atoms with E-state index in [4.69, 9.17) is 5.26 Å². The summed E-state index contributed by atoms with van der Waals surface area (Å²) in [6.45, 7) is 2.51. The highest BCUT2D eigenvalue weighted by Gasteiger charge is 2.23. The van der Waals surface area contributed by atoms with Gasteiger partial charge in [0.05, 0.1) is 17.3 Å². The van der Waals surface area contributed by atoms with Crippen molar-refractivity contribution in [3.63, 3.8) is 0 Å². The van der Waals surface area contributed by atoms with Crippen molar-refractivity contribution in [2.45, 2.75) is 0 Å². The number of carbonyl (C=O) groups is 1. The van der Waals surface area contributed by atoms with Crippen LogP contribution in [0.2, 0.25) is 0 Å². The summed E-state index contributed by atoms with van der Waals surface area (Å²) in [7, 11) is 0. The van der Waals surface area contributed by atoms with Gasteiger partial charge in [0.15, 0.2) is 0 Å². The molecule has 5 heteroatoms. The number of aromatic hydroxyl groups is 1. The molecule has 0 radical (unpaired) electrons. The van der Waals surface area contributed by atoms with Crippen molar-refractivity contribution < 1.29 is 9.90 Å². The highest BCUT2D eigenvalue weighted by Crippen LogP contribution is 2.27. The molecule has 2 aromatic rings. The van der Waals surface area contributed by atoms with Gasteiger partial charge < -0.3 is 14.9 Å². The second kappa shape index (κ2) is 6.41. The molecule has 0 unspecified atom stereocenters. The largest absolute Gasteiger partial charge is 0.506 e. The van der Waals surface area contributed by atoms with Crippen LogP contribution in [-0.2, 0) is 0 Å². The Morgan fingerprint density at radius 2 is 1.78 bits per heavy atom. The van der Waals surface area contributed by atoms with E-state index in [0.717, 1.165) is 5.69 Å². The summed E-state index contributed by atoms with van der Waals surface area (Å²) >= 11 is 0. The van der Waals surface area contributed by atoms with Gasteiger partial charge in [-0.3, -0.25) is 4.79 Å². The lowest BCUT2D eigenvalue weighted by Crippen LogP contribution is -2.48. The standard InChI is InChI=1S/C18H17N3O2/c19-13-14-4-3-5-15(12-14)18(23)21-10-8-20(9-11-21)16-6-1-2-7-17(16)22/h1-7,12,22H,8-11H2. The van der Waals surface area contributed by atoms with E-state index >= 15 is 0 Å². The lowest BCUT2D eigenvalue weighted by molar-refractivity contribution is 0.0746. The smallest absolute Gasteiger partial charge is 0.254 e. The number of phenols is 1. The fraction of sp³-hybridized carbons (Fsp3) is 0.222. The third kappa shape index (κ3) is 3.11. The topological polar surface area (TPSA) is 67.6 Å². The Hall–Kier alpha value is -3.00. The van der Waals surface area contributed by atoms with Crippen LogP contribution in [0.1, 0.15) is 15.9 Å². The molecule has 1 N–H and O–H groups in total. The van der Waals surface area contributed by atoms with Gasteiger partial charge in [-0.2, -0.15) is 5.26 Å². The quantitative estimate of drug-likeness (QED) is 0.924. The molecule has 1 fully saturated rings. The molecular formula is C18H17N3O2. The van der Waals surface area contributed by atoms with Crippen LogP contribution in [0.4, 0.5) is 5.69 Å². The molecule has 5 nitrogen and oxygen atoms in total. The predicted octanol–water partition coefficient (Wildman–Crippen LogP) is 2.23. The molecule has 1 heterocycles. The Morgan fingerprint density at radius 1 is 1.04 bits per heavy atom. The summed E-state index contributed by atoms with van der Waals surface area (Å²) < 4.78 is 0. The third-order valence-corrected chi connectivity index (χ3v) is 4.03. The predicted molar refractivity (Wildman–Crippen MR) is 87.4 cm³/mol. The summed E-state index contributed by atoms with van der Waals surface area (Å²) in [4.78, 5) is 16.4. The van der Waals surface area contributed by atoms with E-state index in [0.29, 0.717) is 37.3 Å². The number of amides is 1. The van der Waals surface area contributed by atoms with E-state index < -0.39 is 0 Å². The molecule has 116 valence electrons. The normalized spacial score (nSPS) is 14.4. The van der Waals surface area contributed by atoms with Crippen LogP contribution < -0.4 is 4.90 Å². The van der Waals surface area contributed by atoms with Gasteiger partial charge in [-0.05, 0) is 30.3 Å². The van der Waals surface area contributed by atoms with Crippen LogP contribution in [-0.4, -0.2) is 42.1 Å². The molecule has 1 amide bonds. The number of rotatable bonds is 2. The Bertz CT molecular complexity index is 759. The van der Waals surface area contributed by atoms with Crippen molar-refractivity contribution in [3.05, 3.63) is 59.7 Å². The van der Waals surface area contributed by atoms with Crippen LogP contribution >= 0.6 is 0 Å². The summed E-state index contributed by atoms with van der Waals surface area (Å²) in [6.07, 6.45) is 0. The van der Waals surface area contributed by atoms with E-state index in [-0.39, 0.29) is 11.7 Å². The van der Waals surface area contributed by atoms with E-state index in [1.165, 1.54) is 0 Å². The minimum atomic E-state index is -0.0565. The summed E-state index contributed by atoms with van der Waals surface area (Å²) in [5, 5.41) is 18.9. The second-order valence-electron chi connectivity index (χ2n) is 5.46. The van der Waals surface area contributed by atoms with Crippen molar-refractivity contribution in [1.29, 1.82) is 5.26 Å². The minimum Gasteiger partial charge on any atom is -0.506 e. The van der Waals surface area contributed by atoms with E-state index in [1.807, 2.05) is 12.1 Å². The Labute approximate surface area is 135 Å². The van der Waals surface area contributed by atoms with Crippen LogP contribution in [0.25, 0.3) is 0 Å². The molecule has 3 rings (SSSR count). The van der Waals surface area contributed by atoms with Gasteiger partial charge in [-0.25, -0.2) is 0 Å². The zero-order valence-corrected chi connectivity index (χ0v) is 12.6. The van der Waals surface area contributed by atoms with Gasteiger partial charge in [0.2, 0.25) is 0 Å². The molecule has 1 saturated heterocycles. The molecule has 2 aromatic carbocycles. The van der Waals surface area contributed by atoms with Crippen molar-refractivity contribution in [1.82, 2.24) is 4.90 Å². The van der Waals surface area contributed by atoms with Gasteiger partial charge in [-0.15, -0.1) is 0 Å². The maximum Gasteiger partial charge on any atom is 0.254 e. The molecular weight excluding hydrogens is 290 g/mol. The Balaban J connectivity index is 1.68. The maximum absolute atomic E-state index is 12.5. The molecule has 23 heavy (non-hydrogen) atoms. The van der Waals surface area contributed by atoms with E-state index in [2.05, 4.69) is 11.0 Å². The maximum atomic E-state index is 12.5. The average molecular weight is 307 g/mol. The second-order valence-corrected chi connectivity index (χ2v) is 5.46. The molecule has 1 aliphatic rings. The Morgan fingerprint density at radius 3 is 2.48 bits per heavy atom. The first-order chi connectivity index (χ1) is 11.2. The van der Waals surface area contributed by atoms with Gasteiger partial charge in [0.25, 0.3) is 5.91 Å². The van der Waals surface area contributed by atoms with E-state index in [1.54, 1.807) is 41.3 Å². The SMILES string of the molecule is N#Cc1cccc(C(=O)N2CCN(c3ccccc3O)CC2)c1. The fourth-order valence-corrected chi connectivity index (χ4v) is 2.79. The molecule has 0 spiro atoms. The number of para-hydroxylation sites is 2. The van der Waals surface area contributed by atoms with Crippen molar-refractivity contribution in [2.75, 3.05) is 31.1 Å². The molecule has 0 aromatic heterocycles. The third-order valence-electron chi connectivity index (χ3n) is 4.03. The van der Waals surface area contributed by atoms with Crippen LogP contribution in [0, 0.1) is 11.3 Å². The zero-order valence-electron chi connectivity index (χ0n) is 12.6. The zero-order chi connectivity index (χ0) is 16.2. The highest BCUT2D eigenvalue weighted by molar-refractivity contribution is 5.94. The molecule has 0 atom stereocenters. The van der Waals surface area contributed by atoms with Crippen molar-refractivity contribution >= 4 is 11.6 Å². The first-order valence-corrected chi connectivity index (χ1v) is 7.51. The number of hydrogen-bond donors (Lipinski definition) is 1. The van der Waals surface area contributed by atoms with Crippen LogP contribution in [0.15, 0.2) is 48.5 Å². The first-order valence-electron chi connectivity index (χ1n) is 7.51. The molecule has 1 aliphatic heterocycles. The summed E-state index contributed by atoms with van der Waals surface area (Å²) in [5.41, 5.74) is 1.83.